The van der Waals surface area contributed by atoms with Crippen LogP contribution in [0.1, 0.15) is 83.0 Å². The molecule has 0 spiro atoms. The van der Waals surface area contributed by atoms with Crippen LogP contribution in [0, 0.1) is 0 Å². The van der Waals surface area contributed by atoms with Crippen LogP contribution in [0.2, 0.25) is 0 Å². The Bertz CT molecular complexity index is 3070. The van der Waals surface area contributed by atoms with E-state index in [4.69, 9.17) is 4.74 Å². The standard InChI is InChI=1S/C63H53NO/c1-3-45(50-25-23-49-24-26-51(49)42-50)41-44(2)46-29-36-57(37-30-46)65-58-38-31-53(32-39-58)63(52-17-9-5-10-18-52)61-22-14-13-21-59(61)60-40-35-56(43-62(60)63)64(54-19-11-6-12-20-54)55-33-27-48(28-34-55)47-15-7-4-8-16-47/h4-23,25,27-40,42-45H,3,24,26,41H2,1-2H3. The molecule has 0 aliphatic heterocycles. The fraction of sp³-hybridized carbons (Fsp3) is 0.143. The van der Waals surface area contributed by atoms with Gasteiger partial charge in [0, 0.05) is 17.1 Å². The van der Waals surface area contributed by atoms with Crippen molar-refractivity contribution >= 4 is 17.1 Å². The molecule has 0 saturated heterocycles. The van der Waals surface area contributed by atoms with E-state index in [9.17, 15) is 0 Å². The molecule has 0 radical (unpaired) electrons. The molecule has 2 aliphatic rings. The first kappa shape index (κ1) is 40.4. The molecular weight excluding hydrogens is 787 g/mol. The summed E-state index contributed by atoms with van der Waals surface area (Å²) >= 11 is 0. The number of hydrogen-bond donors (Lipinski definition) is 0. The Morgan fingerprint density at radius 1 is 0.462 bits per heavy atom. The van der Waals surface area contributed by atoms with Crippen LogP contribution in [-0.2, 0) is 18.3 Å². The SMILES string of the molecule is CCC(CC(C)c1ccc(Oc2ccc(C3(c4ccccc4)c4ccccc4-c4ccc(N(c5ccccc5)c5ccc(-c6ccccc6)cc5)cc43)cc2)cc1)c1ccc2c(c1)CC2. The first-order valence-electron chi connectivity index (χ1n) is 23.4. The molecular formula is C63H53NO. The van der Waals surface area contributed by atoms with Gasteiger partial charge in [0.15, 0.2) is 0 Å². The van der Waals surface area contributed by atoms with Gasteiger partial charge in [-0.05, 0) is 165 Å². The highest BCUT2D eigenvalue weighted by molar-refractivity contribution is 5.89. The topological polar surface area (TPSA) is 12.5 Å². The van der Waals surface area contributed by atoms with E-state index in [1.54, 1.807) is 5.56 Å². The molecule has 2 heteroatoms. The summed E-state index contributed by atoms with van der Waals surface area (Å²) in [5, 5.41) is 0. The van der Waals surface area contributed by atoms with Crippen molar-refractivity contribution in [3.63, 3.8) is 0 Å². The number of benzene rings is 9. The van der Waals surface area contributed by atoms with Crippen LogP contribution in [0.25, 0.3) is 22.3 Å². The second kappa shape index (κ2) is 17.3. The van der Waals surface area contributed by atoms with Crippen molar-refractivity contribution in [1.29, 1.82) is 0 Å². The fourth-order valence-corrected chi connectivity index (χ4v) is 10.7. The molecule has 0 bridgehead atoms. The molecule has 9 aromatic rings. The van der Waals surface area contributed by atoms with E-state index < -0.39 is 5.41 Å². The zero-order valence-corrected chi connectivity index (χ0v) is 37.2. The second-order valence-electron chi connectivity index (χ2n) is 17.9. The monoisotopic (exact) mass is 839 g/mol. The maximum absolute atomic E-state index is 6.59. The molecule has 0 amide bonds. The third-order valence-corrected chi connectivity index (χ3v) is 14.2. The van der Waals surface area contributed by atoms with Crippen molar-refractivity contribution in [2.24, 2.45) is 0 Å². The van der Waals surface area contributed by atoms with E-state index >= 15 is 0 Å². The van der Waals surface area contributed by atoms with Gasteiger partial charge in [0.2, 0.25) is 0 Å². The lowest BCUT2D eigenvalue weighted by molar-refractivity contribution is 0.481. The summed E-state index contributed by atoms with van der Waals surface area (Å²) in [6, 6.07) is 82.1. The Kier molecular flexibility index (Phi) is 10.7. The van der Waals surface area contributed by atoms with Crippen LogP contribution < -0.4 is 9.64 Å². The van der Waals surface area contributed by atoms with Gasteiger partial charge in [-0.25, -0.2) is 0 Å². The van der Waals surface area contributed by atoms with Crippen molar-refractivity contribution in [2.75, 3.05) is 4.90 Å². The summed E-state index contributed by atoms with van der Waals surface area (Å²) in [4.78, 5) is 2.38. The Labute approximate surface area is 384 Å². The molecule has 2 aliphatic carbocycles. The lowest BCUT2D eigenvalue weighted by atomic mass is 9.67. The van der Waals surface area contributed by atoms with Crippen LogP contribution in [0.3, 0.4) is 0 Å². The van der Waals surface area contributed by atoms with E-state index in [0.717, 1.165) is 41.4 Å². The molecule has 0 N–H and O–H groups in total. The zero-order valence-electron chi connectivity index (χ0n) is 37.2. The lowest BCUT2D eigenvalue weighted by Crippen LogP contribution is -2.28. The quantitative estimate of drug-likeness (QED) is 0.115. The maximum atomic E-state index is 6.59. The van der Waals surface area contributed by atoms with Crippen molar-refractivity contribution in [1.82, 2.24) is 0 Å². The van der Waals surface area contributed by atoms with Crippen molar-refractivity contribution in [2.45, 2.75) is 56.8 Å². The second-order valence-corrected chi connectivity index (χ2v) is 17.9. The highest BCUT2D eigenvalue weighted by atomic mass is 16.5. The van der Waals surface area contributed by atoms with Crippen molar-refractivity contribution in [3.8, 4) is 33.8 Å². The molecule has 3 unspecified atom stereocenters. The van der Waals surface area contributed by atoms with Crippen LogP contribution in [0.5, 0.6) is 11.5 Å². The van der Waals surface area contributed by atoms with Gasteiger partial charge in [0.25, 0.3) is 0 Å². The number of anilines is 3. The summed E-state index contributed by atoms with van der Waals surface area (Å²) in [5.74, 6) is 2.68. The number of rotatable bonds is 13. The molecule has 2 nitrogen and oxygen atoms in total. The normalized spacial score (nSPS) is 15.5. The van der Waals surface area contributed by atoms with Gasteiger partial charge < -0.3 is 9.64 Å². The zero-order chi connectivity index (χ0) is 43.7. The molecule has 0 saturated carbocycles. The summed E-state index contributed by atoms with van der Waals surface area (Å²) in [5.41, 5.74) is 18.5. The number of hydrogen-bond acceptors (Lipinski definition) is 2. The minimum Gasteiger partial charge on any atom is -0.457 e. The number of ether oxygens (including phenoxy) is 1. The minimum absolute atomic E-state index is 0.450. The predicted octanol–water partition coefficient (Wildman–Crippen LogP) is 16.8. The maximum Gasteiger partial charge on any atom is 0.127 e. The number of nitrogens with zero attached hydrogens (tertiary/aromatic N) is 1. The minimum atomic E-state index is -0.573. The third kappa shape index (κ3) is 7.43. The average Bonchev–Trinajstić information content (AvgIpc) is 3.65. The summed E-state index contributed by atoms with van der Waals surface area (Å²) < 4.78 is 6.59. The molecule has 316 valence electrons. The van der Waals surface area contributed by atoms with E-state index in [0.29, 0.717) is 11.8 Å². The van der Waals surface area contributed by atoms with E-state index in [1.165, 1.54) is 74.0 Å². The van der Waals surface area contributed by atoms with Crippen LogP contribution >= 0.6 is 0 Å². The lowest BCUT2D eigenvalue weighted by Gasteiger charge is -2.35. The molecule has 0 fully saturated rings. The Morgan fingerprint density at radius 2 is 1.02 bits per heavy atom. The Morgan fingerprint density at radius 3 is 1.69 bits per heavy atom. The molecule has 0 aromatic heterocycles. The van der Waals surface area contributed by atoms with Gasteiger partial charge in [-0.2, -0.15) is 0 Å². The van der Waals surface area contributed by atoms with Crippen molar-refractivity contribution in [3.05, 3.63) is 269 Å². The first-order chi connectivity index (χ1) is 32.1. The van der Waals surface area contributed by atoms with Gasteiger partial charge >= 0.3 is 0 Å². The van der Waals surface area contributed by atoms with Crippen molar-refractivity contribution < 1.29 is 4.74 Å². The van der Waals surface area contributed by atoms with Crippen LogP contribution in [0.15, 0.2) is 224 Å². The van der Waals surface area contributed by atoms with Gasteiger partial charge in [0.1, 0.15) is 11.5 Å². The van der Waals surface area contributed by atoms with Gasteiger partial charge in [-0.15, -0.1) is 0 Å². The predicted molar refractivity (Wildman–Crippen MR) is 270 cm³/mol. The first-order valence-corrected chi connectivity index (χ1v) is 23.4. The summed E-state index contributed by atoms with van der Waals surface area (Å²) in [7, 11) is 0. The summed E-state index contributed by atoms with van der Waals surface area (Å²) in [6.07, 6.45) is 4.76. The smallest absolute Gasteiger partial charge is 0.127 e. The molecule has 9 aromatic carbocycles. The van der Waals surface area contributed by atoms with E-state index in [1.807, 2.05) is 0 Å². The van der Waals surface area contributed by atoms with Crippen LogP contribution in [0.4, 0.5) is 17.1 Å². The largest absolute Gasteiger partial charge is 0.457 e. The highest BCUT2D eigenvalue weighted by Crippen LogP contribution is 2.57. The Hall–Kier alpha value is -7.42. The number of fused-ring (bicyclic) bond motifs is 4. The molecule has 65 heavy (non-hydrogen) atoms. The Balaban J connectivity index is 0.931. The number of aryl methyl sites for hydroxylation is 2. The highest BCUT2D eigenvalue weighted by Gasteiger charge is 2.46. The van der Waals surface area contributed by atoms with E-state index in [-0.39, 0.29) is 0 Å². The van der Waals surface area contributed by atoms with E-state index in [2.05, 4.69) is 243 Å². The number of para-hydroxylation sites is 1. The third-order valence-electron chi connectivity index (χ3n) is 14.2. The van der Waals surface area contributed by atoms with Crippen LogP contribution in [-0.4, -0.2) is 0 Å². The fourth-order valence-electron chi connectivity index (χ4n) is 10.7. The molecule has 11 rings (SSSR count). The molecule has 3 atom stereocenters. The molecule has 0 heterocycles. The summed E-state index contributed by atoms with van der Waals surface area (Å²) in [6.45, 7) is 4.69. The average molecular weight is 840 g/mol. The van der Waals surface area contributed by atoms with Gasteiger partial charge in [0.05, 0.1) is 5.41 Å². The van der Waals surface area contributed by atoms with Gasteiger partial charge in [-0.3, -0.25) is 0 Å². The van der Waals surface area contributed by atoms with Gasteiger partial charge in [-0.1, -0.05) is 178 Å².